The number of benzene rings is 2. The lowest BCUT2D eigenvalue weighted by atomic mass is 9.95. The van der Waals surface area contributed by atoms with Crippen LogP contribution in [0.3, 0.4) is 0 Å². The third-order valence-electron chi connectivity index (χ3n) is 3.98. The van der Waals surface area contributed by atoms with Crippen LogP contribution >= 0.6 is 24.0 Å². The molecule has 1 unspecified atom stereocenters. The zero-order valence-corrected chi connectivity index (χ0v) is 16.3. The topological polar surface area (TPSA) is 55.5 Å². The normalized spacial score (nSPS) is 13.6. The van der Waals surface area contributed by atoms with Gasteiger partial charge in [0.25, 0.3) is 0 Å². The molecule has 0 saturated heterocycles. The lowest BCUT2D eigenvalue weighted by molar-refractivity contribution is -0.137. The monoisotopic (exact) mass is 423 g/mol. The highest BCUT2D eigenvalue weighted by Gasteiger charge is 2.30. The molecule has 3 nitrogen and oxygen atoms in total. The Morgan fingerprint density at radius 2 is 1.78 bits per heavy atom. The summed E-state index contributed by atoms with van der Waals surface area (Å²) in [4.78, 5) is 0. The Balaban J connectivity index is 0.00000364. The first-order chi connectivity index (χ1) is 12.1. The van der Waals surface area contributed by atoms with E-state index >= 15 is 0 Å². The van der Waals surface area contributed by atoms with Crippen LogP contribution in [0, 0.1) is 0 Å². The number of halogens is 5. The number of nitrogens with two attached hydrogens (primary N) is 1. The molecule has 2 aromatic rings. The Bertz CT molecular complexity index is 752. The van der Waals surface area contributed by atoms with Gasteiger partial charge in [-0.3, -0.25) is 0 Å². The Labute approximate surface area is 167 Å². The number of ether oxygens (including phenoxy) is 1. The lowest BCUT2D eigenvalue weighted by Gasteiger charge is -2.21. The quantitative estimate of drug-likeness (QED) is 0.608. The lowest BCUT2D eigenvalue weighted by Crippen LogP contribution is -2.40. The van der Waals surface area contributed by atoms with Crippen molar-refractivity contribution in [1.82, 2.24) is 0 Å². The maximum absolute atomic E-state index is 12.8. The van der Waals surface area contributed by atoms with Crippen molar-refractivity contribution in [2.75, 3.05) is 6.61 Å². The van der Waals surface area contributed by atoms with Gasteiger partial charge >= 0.3 is 6.18 Å². The van der Waals surface area contributed by atoms with Gasteiger partial charge in [-0.05, 0) is 62.1 Å². The van der Waals surface area contributed by atoms with Gasteiger partial charge in [0.15, 0.2) is 0 Å². The van der Waals surface area contributed by atoms with Gasteiger partial charge in [0.1, 0.15) is 11.5 Å². The fourth-order valence-corrected chi connectivity index (χ4v) is 2.69. The summed E-state index contributed by atoms with van der Waals surface area (Å²) in [5.41, 5.74) is 5.38. The highest BCUT2D eigenvalue weighted by Crippen LogP contribution is 2.33. The number of alkyl halides is 3. The number of rotatable bonds is 7. The maximum atomic E-state index is 12.8. The third-order valence-corrected chi connectivity index (χ3v) is 4.33. The van der Waals surface area contributed by atoms with E-state index in [1.165, 1.54) is 12.1 Å². The number of hydrogen-bond donors (Lipinski definition) is 2. The minimum atomic E-state index is -4.42. The van der Waals surface area contributed by atoms with Crippen LogP contribution in [0.2, 0.25) is 5.02 Å². The number of hydrogen-bond acceptors (Lipinski definition) is 3. The van der Waals surface area contributed by atoms with E-state index in [0.29, 0.717) is 23.6 Å². The van der Waals surface area contributed by atoms with Crippen LogP contribution in [0.15, 0.2) is 42.5 Å². The van der Waals surface area contributed by atoms with Crippen molar-refractivity contribution in [3.05, 3.63) is 58.6 Å². The molecule has 1 atom stereocenters. The van der Waals surface area contributed by atoms with E-state index in [-0.39, 0.29) is 24.8 Å². The van der Waals surface area contributed by atoms with Gasteiger partial charge in [0.05, 0.1) is 12.2 Å². The molecule has 0 aromatic heterocycles. The van der Waals surface area contributed by atoms with Crippen molar-refractivity contribution >= 4 is 24.0 Å². The summed E-state index contributed by atoms with van der Waals surface area (Å²) in [5, 5.41) is 9.62. The number of aryl methyl sites for hydroxylation is 1. The van der Waals surface area contributed by atoms with Crippen molar-refractivity contribution < 1.29 is 23.0 Å². The summed E-state index contributed by atoms with van der Waals surface area (Å²) >= 11 is 6.24. The van der Waals surface area contributed by atoms with E-state index < -0.39 is 17.3 Å². The van der Waals surface area contributed by atoms with E-state index in [9.17, 15) is 13.2 Å². The molecule has 27 heavy (non-hydrogen) atoms. The van der Waals surface area contributed by atoms with Crippen LogP contribution in [0.1, 0.15) is 30.9 Å². The van der Waals surface area contributed by atoms with Crippen LogP contribution in [-0.4, -0.2) is 17.3 Å². The molecule has 0 fully saturated rings. The fourth-order valence-electron chi connectivity index (χ4n) is 2.43. The van der Waals surface area contributed by atoms with Gasteiger partial charge in [-0.2, -0.15) is 13.2 Å². The van der Waals surface area contributed by atoms with Crippen molar-refractivity contribution in [3.63, 3.8) is 0 Å². The zero-order chi connectivity index (χ0) is 19.4. The average molecular weight is 424 g/mol. The molecule has 0 aliphatic carbocycles. The summed E-state index contributed by atoms with van der Waals surface area (Å²) in [5.74, 6) is 0.447. The highest BCUT2D eigenvalue weighted by atomic mass is 35.5. The zero-order valence-electron chi connectivity index (χ0n) is 14.7. The van der Waals surface area contributed by atoms with Gasteiger partial charge in [-0.15, -0.1) is 12.4 Å². The van der Waals surface area contributed by atoms with Crippen LogP contribution in [0.4, 0.5) is 13.2 Å². The van der Waals surface area contributed by atoms with E-state index in [2.05, 4.69) is 0 Å². The second kappa shape index (κ2) is 9.64. The molecule has 2 aromatic carbocycles. The SMILES string of the molecule is CC(N)(CO)CCCc1ccc(Oc2cccc(C(F)(F)F)c2)cc1Cl.Cl. The van der Waals surface area contributed by atoms with Crippen molar-refractivity contribution in [1.29, 1.82) is 0 Å². The summed E-state index contributed by atoms with van der Waals surface area (Å²) in [6, 6.07) is 9.69. The Morgan fingerprint density at radius 1 is 1.11 bits per heavy atom. The first-order valence-corrected chi connectivity index (χ1v) is 8.52. The minimum absolute atomic E-state index is 0. The van der Waals surface area contributed by atoms with Gasteiger partial charge in [-0.25, -0.2) is 0 Å². The smallest absolute Gasteiger partial charge is 0.416 e. The summed E-state index contributed by atoms with van der Waals surface area (Å²) in [6.45, 7) is 1.69. The Hall–Kier alpha value is -1.47. The Kier molecular flexibility index (Phi) is 8.42. The second-order valence-corrected chi connectivity index (χ2v) is 6.95. The largest absolute Gasteiger partial charge is 0.457 e. The standard InChI is InChI=1S/C19H21ClF3NO2.ClH/c1-18(24,12-25)9-3-4-13-7-8-16(11-17(13)20)26-15-6-2-5-14(10-15)19(21,22)23;/h2,5-8,10-11,25H,3-4,9,12,24H2,1H3;1H. The van der Waals surface area contributed by atoms with E-state index in [1.54, 1.807) is 25.1 Å². The minimum Gasteiger partial charge on any atom is -0.457 e. The van der Waals surface area contributed by atoms with Crippen molar-refractivity contribution in [2.45, 2.75) is 37.9 Å². The summed E-state index contributed by atoms with van der Waals surface area (Å²) in [6.07, 6.45) is -2.36. The molecule has 8 heteroatoms. The number of aliphatic hydroxyl groups excluding tert-OH is 1. The molecule has 0 bridgehead atoms. The highest BCUT2D eigenvalue weighted by molar-refractivity contribution is 6.31. The Morgan fingerprint density at radius 3 is 2.37 bits per heavy atom. The molecule has 150 valence electrons. The van der Waals surface area contributed by atoms with E-state index in [4.69, 9.17) is 27.2 Å². The van der Waals surface area contributed by atoms with E-state index in [1.807, 2.05) is 0 Å². The second-order valence-electron chi connectivity index (χ2n) is 6.55. The molecule has 0 saturated carbocycles. The number of aliphatic hydroxyl groups is 1. The van der Waals surface area contributed by atoms with Crippen molar-refractivity contribution in [3.8, 4) is 11.5 Å². The summed E-state index contributed by atoms with van der Waals surface area (Å²) in [7, 11) is 0. The molecule has 0 spiro atoms. The first-order valence-electron chi connectivity index (χ1n) is 8.14. The predicted octanol–water partition coefficient (Wildman–Crippen LogP) is 5.61. The van der Waals surface area contributed by atoms with Crippen LogP contribution in [-0.2, 0) is 12.6 Å². The van der Waals surface area contributed by atoms with Gasteiger partial charge in [0, 0.05) is 10.6 Å². The van der Waals surface area contributed by atoms with Crippen LogP contribution in [0.25, 0.3) is 0 Å². The first kappa shape index (κ1) is 23.6. The summed E-state index contributed by atoms with van der Waals surface area (Å²) < 4.78 is 43.7. The third kappa shape index (κ3) is 7.22. The molecule has 0 aliphatic rings. The molecule has 0 radical (unpaired) electrons. The molecule has 0 heterocycles. The predicted molar refractivity (Wildman–Crippen MR) is 103 cm³/mol. The molecule has 2 rings (SSSR count). The molecule has 0 amide bonds. The molecular weight excluding hydrogens is 402 g/mol. The van der Waals surface area contributed by atoms with Crippen LogP contribution in [0.5, 0.6) is 11.5 Å². The molecule has 0 aliphatic heterocycles. The van der Waals surface area contributed by atoms with E-state index in [0.717, 1.165) is 24.1 Å². The van der Waals surface area contributed by atoms with Gasteiger partial charge in [-0.1, -0.05) is 23.7 Å². The average Bonchev–Trinajstić information content (AvgIpc) is 2.56. The molecule has 3 N–H and O–H groups in total. The van der Waals surface area contributed by atoms with Crippen LogP contribution < -0.4 is 10.5 Å². The maximum Gasteiger partial charge on any atom is 0.416 e. The molecular formula is C19H22Cl2F3NO2. The van der Waals surface area contributed by atoms with Crippen molar-refractivity contribution in [2.24, 2.45) is 5.73 Å². The van der Waals surface area contributed by atoms with Gasteiger partial charge in [0.2, 0.25) is 0 Å². The fraction of sp³-hybridized carbons (Fsp3) is 0.368. The van der Waals surface area contributed by atoms with Gasteiger partial charge < -0.3 is 15.6 Å².